The second-order valence-corrected chi connectivity index (χ2v) is 8.79. The molecular weight excluding hydrogens is 326 g/mol. The predicted molar refractivity (Wildman–Crippen MR) is 89.0 cm³/mol. The van der Waals surface area contributed by atoms with Gasteiger partial charge in [0.1, 0.15) is 0 Å². The lowest BCUT2D eigenvalue weighted by atomic mass is 10.1. The third-order valence-corrected chi connectivity index (χ3v) is 5.68. The van der Waals surface area contributed by atoms with Crippen LogP contribution in [0.15, 0.2) is 41.3 Å². The molecule has 2 rings (SSSR count). The molecule has 3 nitrogen and oxygen atoms in total. The first-order valence-corrected chi connectivity index (χ1v) is 9.72. The summed E-state index contributed by atoms with van der Waals surface area (Å²) in [4.78, 5) is 1.61. The first-order valence-electron chi connectivity index (χ1n) is 6.64. The largest absolute Gasteiger partial charge is 0.310 e. The monoisotopic (exact) mass is 343 g/mol. The number of rotatable bonds is 6. The van der Waals surface area contributed by atoms with Gasteiger partial charge in [-0.2, -0.15) is 0 Å². The van der Waals surface area contributed by atoms with Crippen molar-refractivity contribution in [2.45, 2.75) is 24.3 Å². The molecule has 0 saturated heterocycles. The van der Waals surface area contributed by atoms with Gasteiger partial charge >= 0.3 is 0 Å². The quantitative estimate of drug-likeness (QED) is 0.869. The number of thiophene rings is 1. The zero-order valence-electron chi connectivity index (χ0n) is 12.0. The number of hydrogen-bond donors (Lipinski definition) is 1. The van der Waals surface area contributed by atoms with Gasteiger partial charge in [-0.3, -0.25) is 0 Å². The van der Waals surface area contributed by atoms with E-state index in [-0.39, 0.29) is 6.04 Å². The molecule has 21 heavy (non-hydrogen) atoms. The van der Waals surface area contributed by atoms with Crippen LogP contribution in [0.3, 0.4) is 0 Å². The van der Waals surface area contributed by atoms with Crippen LogP contribution in [0, 0.1) is 0 Å². The molecule has 6 heteroatoms. The van der Waals surface area contributed by atoms with Crippen molar-refractivity contribution in [3.63, 3.8) is 0 Å². The maximum Gasteiger partial charge on any atom is 0.175 e. The maximum atomic E-state index is 11.4. The standard InChI is InChI=1S/C15H18ClNO2S2/c1-11(17-10-9-13-5-8-15(16)20-13)12-3-6-14(7-4-12)21(2,18)19/h3-8,11,17H,9-10H2,1-2H3. The smallest absolute Gasteiger partial charge is 0.175 e. The van der Waals surface area contributed by atoms with Crippen LogP contribution < -0.4 is 5.32 Å². The lowest BCUT2D eigenvalue weighted by Gasteiger charge is -2.14. The number of hydrogen-bond acceptors (Lipinski definition) is 4. The van der Waals surface area contributed by atoms with Crippen molar-refractivity contribution < 1.29 is 8.42 Å². The van der Waals surface area contributed by atoms with Crippen LogP contribution in [0.4, 0.5) is 0 Å². The van der Waals surface area contributed by atoms with E-state index < -0.39 is 9.84 Å². The first kappa shape index (κ1) is 16.5. The van der Waals surface area contributed by atoms with Crippen LogP contribution in [0.25, 0.3) is 0 Å². The Bertz CT molecular complexity index is 693. The molecule has 0 saturated carbocycles. The van der Waals surface area contributed by atoms with E-state index in [1.807, 2.05) is 24.3 Å². The highest BCUT2D eigenvalue weighted by molar-refractivity contribution is 7.90. The van der Waals surface area contributed by atoms with Crippen molar-refractivity contribution >= 4 is 32.8 Å². The predicted octanol–water partition coefficient (Wildman–Crippen LogP) is 3.70. The first-order chi connectivity index (χ1) is 9.86. The summed E-state index contributed by atoms with van der Waals surface area (Å²) in [6.45, 7) is 2.92. The molecule has 0 fully saturated rings. The van der Waals surface area contributed by atoms with E-state index in [1.54, 1.807) is 23.5 Å². The third kappa shape index (κ3) is 4.81. The summed E-state index contributed by atoms with van der Waals surface area (Å²) in [7, 11) is -3.13. The SMILES string of the molecule is CC(NCCc1ccc(Cl)s1)c1ccc(S(C)(=O)=O)cc1. The van der Waals surface area contributed by atoms with E-state index in [0.717, 1.165) is 22.9 Å². The molecular formula is C15H18ClNO2S2. The Kier molecular flexibility index (Phi) is 5.43. The van der Waals surface area contributed by atoms with Gasteiger partial charge in [0.05, 0.1) is 9.23 Å². The molecule has 0 spiro atoms. The number of nitrogens with one attached hydrogen (secondary N) is 1. The maximum absolute atomic E-state index is 11.4. The fourth-order valence-electron chi connectivity index (χ4n) is 2.02. The average molecular weight is 344 g/mol. The van der Waals surface area contributed by atoms with Crippen molar-refractivity contribution in [2.24, 2.45) is 0 Å². The van der Waals surface area contributed by atoms with Crippen LogP contribution in [0.2, 0.25) is 4.34 Å². The summed E-state index contributed by atoms with van der Waals surface area (Å²) in [5.74, 6) is 0. The summed E-state index contributed by atoms with van der Waals surface area (Å²) in [6, 6.07) is 11.2. The molecule has 0 aliphatic heterocycles. The zero-order chi connectivity index (χ0) is 15.5. The lowest BCUT2D eigenvalue weighted by Crippen LogP contribution is -2.21. The minimum Gasteiger partial charge on any atom is -0.310 e. The Morgan fingerprint density at radius 2 is 1.86 bits per heavy atom. The topological polar surface area (TPSA) is 46.2 Å². The van der Waals surface area contributed by atoms with Crippen LogP contribution in [0.1, 0.15) is 23.4 Å². The summed E-state index contributed by atoms with van der Waals surface area (Å²) < 4.78 is 23.7. The van der Waals surface area contributed by atoms with Gasteiger partial charge in [0.2, 0.25) is 0 Å². The summed E-state index contributed by atoms with van der Waals surface area (Å²) >= 11 is 7.50. The van der Waals surface area contributed by atoms with Gasteiger partial charge in [-0.05, 0) is 43.2 Å². The highest BCUT2D eigenvalue weighted by Crippen LogP contribution is 2.22. The molecule has 1 aromatic carbocycles. The van der Waals surface area contributed by atoms with Crippen molar-refractivity contribution in [1.29, 1.82) is 0 Å². The van der Waals surface area contributed by atoms with E-state index in [9.17, 15) is 8.42 Å². The number of sulfone groups is 1. The van der Waals surface area contributed by atoms with Crippen LogP contribution in [-0.4, -0.2) is 21.2 Å². The Hall–Kier alpha value is -0.880. The highest BCUT2D eigenvalue weighted by atomic mass is 35.5. The third-order valence-electron chi connectivity index (χ3n) is 3.26. The molecule has 1 N–H and O–H groups in total. The normalized spacial score (nSPS) is 13.3. The number of halogens is 1. The van der Waals surface area contributed by atoms with Crippen LogP contribution in [0.5, 0.6) is 0 Å². The lowest BCUT2D eigenvalue weighted by molar-refractivity contribution is 0.577. The molecule has 0 amide bonds. The fourth-order valence-corrected chi connectivity index (χ4v) is 3.74. The van der Waals surface area contributed by atoms with E-state index in [1.165, 1.54) is 11.1 Å². The fraction of sp³-hybridized carbons (Fsp3) is 0.333. The van der Waals surface area contributed by atoms with Gasteiger partial charge in [-0.15, -0.1) is 11.3 Å². The molecule has 0 aliphatic rings. The molecule has 0 bridgehead atoms. The molecule has 0 radical (unpaired) electrons. The second-order valence-electron chi connectivity index (χ2n) is 4.97. The Balaban J connectivity index is 1.89. The van der Waals surface area contributed by atoms with Gasteiger partial charge in [0.25, 0.3) is 0 Å². The minimum absolute atomic E-state index is 0.175. The van der Waals surface area contributed by atoms with Crippen molar-refractivity contribution in [2.75, 3.05) is 12.8 Å². The van der Waals surface area contributed by atoms with Crippen molar-refractivity contribution in [3.8, 4) is 0 Å². The highest BCUT2D eigenvalue weighted by Gasteiger charge is 2.09. The molecule has 1 atom stereocenters. The Morgan fingerprint density at radius 3 is 2.38 bits per heavy atom. The summed E-state index contributed by atoms with van der Waals surface area (Å²) in [5, 5.41) is 3.43. The van der Waals surface area contributed by atoms with Crippen LogP contribution >= 0.6 is 22.9 Å². The Labute approximate surface area is 134 Å². The molecule has 2 aromatic rings. The minimum atomic E-state index is -3.13. The van der Waals surface area contributed by atoms with Gasteiger partial charge in [0.15, 0.2) is 9.84 Å². The van der Waals surface area contributed by atoms with E-state index in [0.29, 0.717) is 4.90 Å². The second kappa shape index (κ2) is 6.92. The molecule has 114 valence electrons. The van der Waals surface area contributed by atoms with Gasteiger partial charge in [-0.1, -0.05) is 23.7 Å². The zero-order valence-corrected chi connectivity index (χ0v) is 14.4. The van der Waals surface area contributed by atoms with Crippen LogP contribution in [-0.2, 0) is 16.3 Å². The molecule has 1 aromatic heterocycles. The van der Waals surface area contributed by atoms with E-state index in [4.69, 9.17) is 11.6 Å². The summed E-state index contributed by atoms with van der Waals surface area (Å²) in [6.07, 6.45) is 2.15. The molecule has 1 unspecified atom stereocenters. The van der Waals surface area contributed by atoms with Crippen molar-refractivity contribution in [3.05, 3.63) is 51.2 Å². The summed E-state index contributed by atoms with van der Waals surface area (Å²) in [5.41, 5.74) is 1.08. The number of benzene rings is 1. The van der Waals surface area contributed by atoms with Gasteiger partial charge in [-0.25, -0.2) is 8.42 Å². The Morgan fingerprint density at radius 1 is 1.19 bits per heavy atom. The van der Waals surface area contributed by atoms with E-state index >= 15 is 0 Å². The van der Waals surface area contributed by atoms with Gasteiger partial charge in [0, 0.05) is 23.7 Å². The average Bonchev–Trinajstić information content (AvgIpc) is 2.83. The molecule has 0 aliphatic carbocycles. The van der Waals surface area contributed by atoms with E-state index in [2.05, 4.69) is 12.2 Å². The molecule has 1 heterocycles. The van der Waals surface area contributed by atoms with Gasteiger partial charge < -0.3 is 5.32 Å². The van der Waals surface area contributed by atoms with Crippen molar-refractivity contribution in [1.82, 2.24) is 5.32 Å².